The van der Waals surface area contributed by atoms with Crippen molar-refractivity contribution in [2.45, 2.75) is 24.0 Å². The lowest BCUT2D eigenvalue weighted by molar-refractivity contribution is -0.174. The lowest BCUT2D eigenvalue weighted by Gasteiger charge is -2.31. The van der Waals surface area contributed by atoms with Crippen molar-refractivity contribution in [3.8, 4) is 6.07 Å². The molecule has 5 nitrogen and oxygen atoms in total. The van der Waals surface area contributed by atoms with Crippen molar-refractivity contribution in [3.05, 3.63) is 59.7 Å². The van der Waals surface area contributed by atoms with Crippen LogP contribution in [0.25, 0.3) is 0 Å². The van der Waals surface area contributed by atoms with Crippen LogP contribution in [0.4, 0.5) is 17.6 Å². The van der Waals surface area contributed by atoms with Gasteiger partial charge < -0.3 is 0 Å². The van der Waals surface area contributed by atoms with Gasteiger partial charge >= 0.3 is 6.18 Å². The number of benzene rings is 1. The Morgan fingerprint density at radius 1 is 1.27 bits per heavy atom. The summed E-state index contributed by atoms with van der Waals surface area (Å²) >= 11 is 0. The molecule has 2 aromatic rings. The number of aromatic nitrogens is 1. The Hall–Kier alpha value is -2.51. The number of hydrogen-bond donors (Lipinski definition) is 0. The van der Waals surface area contributed by atoms with Crippen LogP contribution in [0.5, 0.6) is 0 Å². The highest BCUT2D eigenvalue weighted by atomic mass is 32.2. The fourth-order valence-electron chi connectivity index (χ4n) is 2.44. The summed E-state index contributed by atoms with van der Waals surface area (Å²) in [7, 11) is -4.70. The van der Waals surface area contributed by atoms with Gasteiger partial charge in [-0.3, -0.25) is 4.98 Å². The third kappa shape index (κ3) is 3.84. The number of nitrogens with zero attached hydrogens (tertiary/aromatic N) is 3. The third-order valence-electron chi connectivity index (χ3n) is 3.56. The molecule has 138 valence electrons. The van der Waals surface area contributed by atoms with E-state index in [0.29, 0.717) is 0 Å². The quantitative estimate of drug-likeness (QED) is 0.737. The molecule has 0 saturated heterocycles. The summed E-state index contributed by atoms with van der Waals surface area (Å²) in [5, 5.41) is 8.85. The molecule has 1 aromatic carbocycles. The first kappa shape index (κ1) is 19.8. The van der Waals surface area contributed by atoms with E-state index in [1.807, 2.05) is 0 Å². The van der Waals surface area contributed by atoms with Gasteiger partial charge in [0.2, 0.25) is 10.0 Å². The van der Waals surface area contributed by atoms with Crippen LogP contribution in [-0.2, 0) is 10.0 Å². The summed E-state index contributed by atoms with van der Waals surface area (Å²) in [5.74, 6) is -1.17. The molecule has 0 unspecified atom stereocenters. The minimum atomic E-state index is -5.06. The van der Waals surface area contributed by atoms with E-state index < -0.39 is 45.1 Å². The SMILES string of the molecule is CCN([C@H](c1ccccc1F)C(F)(F)F)S(=O)(=O)c1cncc(C#N)c1. The maximum atomic E-state index is 14.0. The normalized spacial score (nSPS) is 13.4. The molecule has 0 fully saturated rings. The van der Waals surface area contributed by atoms with Crippen molar-refractivity contribution >= 4 is 10.0 Å². The molecule has 1 heterocycles. The zero-order chi connectivity index (χ0) is 19.5. The molecule has 0 spiro atoms. The van der Waals surface area contributed by atoms with Crippen molar-refractivity contribution in [1.29, 1.82) is 5.26 Å². The van der Waals surface area contributed by atoms with Crippen molar-refractivity contribution < 1.29 is 26.0 Å². The monoisotopic (exact) mass is 387 g/mol. The van der Waals surface area contributed by atoms with Gasteiger partial charge in [0.25, 0.3) is 0 Å². The summed E-state index contributed by atoms with van der Waals surface area (Å²) in [6.07, 6.45) is -3.15. The second kappa shape index (κ2) is 7.39. The van der Waals surface area contributed by atoms with E-state index in [0.717, 1.165) is 30.6 Å². The molecular weight excluding hydrogens is 374 g/mol. The largest absolute Gasteiger partial charge is 0.409 e. The number of hydrogen-bond acceptors (Lipinski definition) is 4. The number of nitriles is 1. The summed E-state index contributed by atoms with van der Waals surface area (Å²) < 4.78 is 80.7. The van der Waals surface area contributed by atoms with E-state index in [2.05, 4.69) is 4.98 Å². The Labute approximate surface area is 147 Å². The maximum Gasteiger partial charge on any atom is 0.409 e. The molecule has 26 heavy (non-hydrogen) atoms. The average molecular weight is 387 g/mol. The van der Waals surface area contributed by atoms with Gasteiger partial charge in [-0.2, -0.15) is 22.7 Å². The summed E-state index contributed by atoms with van der Waals surface area (Å²) in [5.41, 5.74) is -0.939. The number of sulfonamides is 1. The standard InChI is InChI=1S/C16H13F4N3O2S/c1-2-23(26(24,25)12-7-11(8-21)9-22-10-12)15(16(18,19)20)13-5-3-4-6-14(13)17/h3-7,9-10,15H,2H2,1H3/t15-/m1/s1. The predicted octanol–water partition coefficient (Wildman–Crippen LogP) is 3.41. The lowest BCUT2D eigenvalue weighted by Crippen LogP contribution is -2.42. The van der Waals surface area contributed by atoms with E-state index >= 15 is 0 Å². The molecule has 0 aliphatic carbocycles. The molecule has 10 heteroatoms. The molecule has 0 N–H and O–H groups in total. The maximum absolute atomic E-state index is 14.0. The molecule has 0 aliphatic rings. The molecule has 0 saturated carbocycles. The number of rotatable bonds is 5. The van der Waals surface area contributed by atoms with Crippen LogP contribution in [0.15, 0.2) is 47.6 Å². The van der Waals surface area contributed by atoms with Gasteiger partial charge in [0, 0.05) is 24.5 Å². The number of pyridine rings is 1. The second-order valence-electron chi connectivity index (χ2n) is 5.20. The molecule has 1 aromatic heterocycles. The van der Waals surface area contributed by atoms with Crippen LogP contribution < -0.4 is 0 Å². The lowest BCUT2D eigenvalue weighted by atomic mass is 10.1. The van der Waals surface area contributed by atoms with Gasteiger partial charge in [-0.15, -0.1) is 0 Å². The van der Waals surface area contributed by atoms with E-state index in [-0.39, 0.29) is 9.87 Å². The summed E-state index contributed by atoms with van der Waals surface area (Å²) in [6, 6.07) is 3.97. The Balaban J connectivity index is 2.65. The predicted molar refractivity (Wildman–Crippen MR) is 83.7 cm³/mol. The van der Waals surface area contributed by atoms with Crippen LogP contribution >= 0.6 is 0 Å². The van der Waals surface area contributed by atoms with Gasteiger partial charge in [-0.25, -0.2) is 12.8 Å². The summed E-state index contributed by atoms with van der Waals surface area (Å²) in [4.78, 5) is 2.99. The minimum absolute atomic E-state index is 0.128. The zero-order valence-corrected chi connectivity index (χ0v) is 14.2. The van der Waals surface area contributed by atoms with Crippen molar-refractivity contribution in [1.82, 2.24) is 9.29 Å². The molecule has 0 bridgehead atoms. The van der Waals surface area contributed by atoms with Gasteiger partial charge in [0.05, 0.1) is 5.56 Å². The second-order valence-corrected chi connectivity index (χ2v) is 7.09. The highest BCUT2D eigenvalue weighted by Gasteiger charge is 2.49. The van der Waals surface area contributed by atoms with Gasteiger partial charge in [0.1, 0.15) is 22.8 Å². The first-order chi connectivity index (χ1) is 12.1. The topological polar surface area (TPSA) is 74.1 Å². The molecular formula is C16H13F4N3O2S. The molecule has 1 atom stereocenters. The van der Waals surface area contributed by atoms with Gasteiger partial charge in [0.15, 0.2) is 0 Å². The fraction of sp³-hybridized carbons (Fsp3) is 0.250. The highest BCUT2D eigenvalue weighted by molar-refractivity contribution is 7.89. The van der Waals surface area contributed by atoms with Crippen molar-refractivity contribution in [2.24, 2.45) is 0 Å². The first-order valence-corrected chi connectivity index (χ1v) is 8.75. The Morgan fingerprint density at radius 3 is 2.46 bits per heavy atom. The zero-order valence-electron chi connectivity index (χ0n) is 13.4. The van der Waals surface area contributed by atoms with E-state index in [4.69, 9.17) is 5.26 Å². The number of alkyl halides is 3. The molecule has 2 rings (SSSR count). The van der Waals surface area contributed by atoms with Crippen LogP contribution in [0, 0.1) is 17.1 Å². The van der Waals surface area contributed by atoms with Crippen LogP contribution in [-0.4, -0.2) is 30.4 Å². The van der Waals surface area contributed by atoms with Crippen molar-refractivity contribution in [3.63, 3.8) is 0 Å². The Kier molecular flexibility index (Phi) is 5.63. The van der Waals surface area contributed by atoms with Gasteiger partial charge in [-0.05, 0) is 12.1 Å². The molecule has 0 aliphatic heterocycles. The van der Waals surface area contributed by atoms with E-state index in [1.54, 1.807) is 6.07 Å². The fourth-order valence-corrected chi connectivity index (χ4v) is 4.03. The van der Waals surface area contributed by atoms with E-state index in [9.17, 15) is 26.0 Å². The smallest absolute Gasteiger partial charge is 0.262 e. The molecule has 0 amide bonds. The molecule has 0 radical (unpaired) electrons. The van der Waals surface area contributed by atoms with Gasteiger partial charge in [-0.1, -0.05) is 25.1 Å². The average Bonchev–Trinajstić information content (AvgIpc) is 2.59. The van der Waals surface area contributed by atoms with Crippen LogP contribution in [0.3, 0.4) is 0 Å². The minimum Gasteiger partial charge on any atom is -0.262 e. The Bertz CT molecular complexity index is 939. The first-order valence-electron chi connectivity index (χ1n) is 7.31. The van der Waals surface area contributed by atoms with Crippen LogP contribution in [0.2, 0.25) is 0 Å². The third-order valence-corrected chi connectivity index (χ3v) is 5.46. The Morgan fingerprint density at radius 2 is 1.92 bits per heavy atom. The number of halogens is 4. The van der Waals surface area contributed by atoms with E-state index in [1.165, 1.54) is 19.1 Å². The van der Waals surface area contributed by atoms with Crippen LogP contribution in [0.1, 0.15) is 24.1 Å². The van der Waals surface area contributed by atoms with Crippen molar-refractivity contribution in [2.75, 3.05) is 6.54 Å². The summed E-state index contributed by atoms with van der Waals surface area (Å²) in [6.45, 7) is 0.635. The highest BCUT2D eigenvalue weighted by Crippen LogP contribution is 2.41.